The van der Waals surface area contributed by atoms with E-state index >= 15 is 0 Å². The second-order valence-electron chi connectivity index (χ2n) is 4.99. The van der Waals surface area contributed by atoms with Crippen LogP contribution in [0.1, 0.15) is 0 Å². The van der Waals surface area contributed by atoms with E-state index in [1.807, 2.05) is 24.4 Å². The maximum Gasteiger partial charge on any atom is 0.209 e. The van der Waals surface area contributed by atoms with Crippen molar-refractivity contribution in [1.29, 1.82) is 0 Å². The summed E-state index contributed by atoms with van der Waals surface area (Å²) in [5.41, 5.74) is 3.48. The summed E-state index contributed by atoms with van der Waals surface area (Å²) in [6, 6.07) is 18.7. The van der Waals surface area contributed by atoms with E-state index in [0.29, 0.717) is 0 Å². The van der Waals surface area contributed by atoms with E-state index in [4.69, 9.17) is 0 Å². The largest absolute Gasteiger partial charge is 0.255 e. The first-order chi connectivity index (χ1) is 10.3. The summed E-state index contributed by atoms with van der Waals surface area (Å²) in [5.74, 6) is 0. The van der Waals surface area contributed by atoms with Crippen LogP contribution in [0.15, 0.2) is 66.2 Å². The number of hydrogen-bond donors (Lipinski definition) is 0. The first-order valence-electron chi connectivity index (χ1n) is 6.86. The van der Waals surface area contributed by atoms with Crippen LogP contribution in [0.5, 0.6) is 0 Å². The van der Waals surface area contributed by atoms with Gasteiger partial charge in [-0.25, -0.2) is 4.58 Å². The van der Waals surface area contributed by atoms with Crippen LogP contribution in [0.4, 0.5) is 0 Å². The Morgan fingerprint density at radius 1 is 0.905 bits per heavy atom. The Kier molecular flexibility index (Phi) is 3.93. The smallest absolute Gasteiger partial charge is 0.209 e. The zero-order valence-electron chi connectivity index (χ0n) is 12.2. The SMILES string of the molecule is C[N+](C)=c1ccsc(-c2ccccn2)c1-c1ccccc1. The molecule has 0 aliphatic rings. The average Bonchev–Trinajstić information content (AvgIpc) is 2.55. The summed E-state index contributed by atoms with van der Waals surface area (Å²) in [5, 5.41) is 3.34. The van der Waals surface area contributed by atoms with Gasteiger partial charge in [-0.15, -0.1) is 11.3 Å². The van der Waals surface area contributed by atoms with Gasteiger partial charge in [0.2, 0.25) is 5.36 Å². The van der Waals surface area contributed by atoms with E-state index in [2.05, 4.69) is 65.4 Å². The molecule has 2 heterocycles. The number of benzene rings is 1. The molecule has 0 radical (unpaired) electrons. The Labute approximate surface area is 128 Å². The summed E-state index contributed by atoms with van der Waals surface area (Å²) in [4.78, 5) is 5.73. The minimum Gasteiger partial charge on any atom is -0.255 e. The highest BCUT2D eigenvalue weighted by molar-refractivity contribution is 7.13. The van der Waals surface area contributed by atoms with Crippen molar-refractivity contribution in [3.05, 3.63) is 71.5 Å². The lowest BCUT2D eigenvalue weighted by molar-refractivity contribution is 0.816. The lowest BCUT2D eigenvalue weighted by Crippen LogP contribution is -2.23. The van der Waals surface area contributed by atoms with Crippen molar-refractivity contribution < 1.29 is 0 Å². The Balaban J connectivity index is 2.38. The van der Waals surface area contributed by atoms with E-state index < -0.39 is 0 Å². The average molecular weight is 293 g/mol. The topological polar surface area (TPSA) is 15.9 Å². The van der Waals surface area contributed by atoms with Gasteiger partial charge in [0.15, 0.2) is 0 Å². The van der Waals surface area contributed by atoms with Crippen molar-refractivity contribution in [1.82, 2.24) is 9.56 Å². The van der Waals surface area contributed by atoms with Gasteiger partial charge >= 0.3 is 0 Å². The Hall–Kier alpha value is -2.26. The van der Waals surface area contributed by atoms with Gasteiger partial charge in [0.25, 0.3) is 0 Å². The molecule has 0 saturated carbocycles. The monoisotopic (exact) mass is 293 g/mol. The van der Waals surface area contributed by atoms with E-state index in [0.717, 1.165) is 5.69 Å². The summed E-state index contributed by atoms with van der Waals surface area (Å²) in [6.07, 6.45) is 1.85. The minimum atomic E-state index is 1.02. The van der Waals surface area contributed by atoms with Gasteiger partial charge in [0.1, 0.15) is 14.1 Å². The van der Waals surface area contributed by atoms with E-state index in [-0.39, 0.29) is 0 Å². The predicted molar refractivity (Wildman–Crippen MR) is 90.1 cm³/mol. The molecule has 0 fully saturated rings. The van der Waals surface area contributed by atoms with Crippen molar-refractivity contribution >= 4 is 11.3 Å². The van der Waals surface area contributed by atoms with Crippen LogP contribution in [0.3, 0.4) is 0 Å². The summed E-state index contributed by atoms with van der Waals surface area (Å²) >= 11 is 1.73. The Morgan fingerprint density at radius 2 is 1.67 bits per heavy atom. The number of nitrogens with zero attached hydrogens (tertiary/aromatic N) is 2. The van der Waals surface area contributed by atoms with Crippen molar-refractivity contribution in [2.75, 3.05) is 14.1 Å². The zero-order valence-corrected chi connectivity index (χ0v) is 13.0. The van der Waals surface area contributed by atoms with Crippen molar-refractivity contribution in [2.45, 2.75) is 0 Å². The molecule has 0 atom stereocenters. The van der Waals surface area contributed by atoms with Crippen LogP contribution >= 0.6 is 11.3 Å². The number of hydrogen-bond acceptors (Lipinski definition) is 2. The third kappa shape index (κ3) is 2.78. The summed E-state index contributed by atoms with van der Waals surface area (Å²) < 4.78 is 2.15. The highest BCUT2D eigenvalue weighted by atomic mass is 32.1. The van der Waals surface area contributed by atoms with E-state index in [1.165, 1.54) is 21.4 Å². The molecule has 2 nitrogen and oxygen atoms in total. The summed E-state index contributed by atoms with van der Waals surface area (Å²) in [6.45, 7) is 0. The zero-order chi connectivity index (χ0) is 14.7. The number of pyridine rings is 1. The van der Waals surface area contributed by atoms with Gasteiger partial charge in [-0.3, -0.25) is 4.98 Å². The van der Waals surface area contributed by atoms with Crippen LogP contribution < -0.4 is 9.93 Å². The van der Waals surface area contributed by atoms with Crippen LogP contribution in [-0.2, 0) is 0 Å². The molecule has 0 unspecified atom stereocenters. The molecule has 0 aliphatic carbocycles. The maximum atomic E-state index is 4.53. The summed E-state index contributed by atoms with van der Waals surface area (Å²) in [7, 11) is 4.16. The molecule has 0 spiro atoms. The molecular weight excluding hydrogens is 276 g/mol. The van der Waals surface area contributed by atoms with Crippen LogP contribution in [0, 0.1) is 0 Å². The van der Waals surface area contributed by atoms with E-state index in [9.17, 15) is 0 Å². The molecule has 0 saturated heterocycles. The minimum absolute atomic E-state index is 1.02. The number of aromatic nitrogens is 1. The van der Waals surface area contributed by atoms with Gasteiger partial charge in [-0.2, -0.15) is 0 Å². The fraction of sp³-hybridized carbons (Fsp3) is 0.111. The number of rotatable bonds is 2. The first kappa shape index (κ1) is 13.7. The Bertz CT molecular complexity index is 801. The fourth-order valence-electron chi connectivity index (χ4n) is 2.37. The van der Waals surface area contributed by atoms with Gasteiger partial charge in [0.05, 0.1) is 16.1 Å². The van der Waals surface area contributed by atoms with Crippen LogP contribution in [-0.4, -0.2) is 19.1 Å². The molecule has 104 valence electrons. The van der Waals surface area contributed by atoms with Gasteiger partial charge in [-0.05, 0) is 23.1 Å². The third-order valence-corrected chi connectivity index (χ3v) is 4.26. The molecule has 1 aromatic carbocycles. The maximum absolute atomic E-state index is 4.53. The van der Waals surface area contributed by atoms with E-state index in [1.54, 1.807) is 11.3 Å². The normalized spacial score (nSPS) is 10.4. The third-order valence-electron chi connectivity index (χ3n) is 3.34. The van der Waals surface area contributed by atoms with Crippen molar-refractivity contribution in [3.8, 4) is 21.7 Å². The quantitative estimate of drug-likeness (QED) is 0.660. The molecule has 3 rings (SSSR count). The molecular formula is C18H17N2S+. The lowest BCUT2D eigenvalue weighted by Gasteiger charge is -2.08. The van der Waals surface area contributed by atoms with Gasteiger partial charge < -0.3 is 0 Å². The first-order valence-corrected chi connectivity index (χ1v) is 7.74. The predicted octanol–water partition coefficient (Wildman–Crippen LogP) is 3.51. The lowest BCUT2D eigenvalue weighted by atomic mass is 10.0. The van der Waals surface area contributed by atoms with Crippen molar-refractivity contribution in [2.24, 2.45) is 0 Å². The van der Waals surface area contributed by atoms with Crippen molar-refractivity contribution in [3.63, 3.8) is 0 Å². The highest BCUT2D eigenvalue weighted by Gasteiger charge is 2.14. The Morgan fingerprint density at radius 3 is 2.33 bits per heavy atom. The molecule has 21 heavy (non-hydrogen) atoms. The standard InChI is InChI=1S/C18H17N2S/c1-20(2)16-11-13-21-18(15-10-6-7-12-19-15)17(16)14-8-4-3-5-9-14/h3-13H,1-2H3/q+1. The van der Waals surface area contributed by atoms with Crippen LogP contribution in [0.25, 0.3) is 21.7 Å². The molecule has 0 amide bonds. The molecule has 0 N–H and O–H groups in total. The van der Waals surface area contributed by atoms with Crippen LogP contribution in [0.2, 0.25) is 0 Å². The highest BCUT2D eigenvalue weighted by Crippen LogP contribution is 2.30. The molecule has 3 heteroatoms. The molecule has 0 aliphatic heterocycles. The fourth-order valence-corrected chi connectivity index (χ4v) is 3.28. The second-order valence-corrected chi connectivity index (χ2v) is 5.90. The van der Waals surface area contributed by atoms with Gasteiger partial charge in [0, 0.05) is 12.3 Å². The van der Waals surface area contributed by atoms with Gasteiger partial charge in [-0.1, -0.05) is 36.4 Å². The second kappa shape index (κ2) is 6.02. The molecule has 0 bridgehead atoms. The molecule has 2 aromatic heterocycles. The molecule has 3 aromatic rings.